The number of nitrogens with one attached hydrogen (secondary N) is 1. The fourth-order valence-electron chi connectivity index (χ4n) is 4.03. The molecule has 2 aliphatic carbocycles. The zero-order valence-corrected chi connectivity index (χ0v) is 13.5. The van der Waals surface area contributed by atoms with Gasteiger partial charge in [-0.05, 0) is 49.9 Å². The second kappa shape index (κ2) is 6.80. The Morgan fingerprint density at radius 2 is 1.71 bits per heavy atom. The summed E-state index contributed by atoms with van der Waals surface area (Å²) in [6.45, 7) is 6.59. The smallest absolute Gasteiger partial charge is 0.307 e. The minimum atomic E-state index is -0.809. The van der Waals surface area contributed by atoms with E-state index in [1.807, 2.05) is 0 Å². The predicted molar refractivity (Wildman–Crippen MR) is 81.7 cm³/mol. The van der Waals surface area contributed by atoms with Crippen LogP contribution in [-0.2, 0) is 9.59 Å². The van der Waals surface area contributed by atoms with E-state index in [1.54, 1.807) is 0 Å². The van der Waals surface area contributed by atoms with E-state index in [-0.39, 0.29) is 17.9 Å². The van der Waals surface area contributed by atoms with E-state index in [4.69, 9.17) is 0 Å². The number of aliphatic carboxylic acids is 1. The molecule has 21 heavy (non-hydrogen) atoms. The number of hydrogen-bond donors (Lipinski definition) is 2. The fraction of sp³-hybridized carbons (Fsp3) is 0.882. The van der Waals surface area contributed by atoms with E-state index in [0.717, 1.165) is 38.0 Å². The Kier molecular flexibility index (Phi) is 5.28. The van der Waals surface area contributed by atoms with Gasteiger partial charge in [0.1, 0.15) is 0 Å². The van der Waals surface area contributed by atoms with Crippen LogP contribution in [0.2, 0.25) is 0 Å². The first kappa shape index (κ1) is 16.3. The average Bonchev–Trinajstić information content (AvgIpc) is 2.87. The van der Waals surface area contributed by atoms with Crippen LogP contribution in [0.5, 0.6) is 0 Å². The molecule has 2 fully saturated rings. The molecule has 1 amide bonds. The van der Waals surface area contributed by atoms with Gasteiger partial charge in [0.25, 0.3) is 0 Å². The van der Waals surface area contributed by atoms with Gasteiger partial charge in [0.05, 0.1) is 11.8 Å². The molecule has 0 aromatic carbocycles. The Morgan fingerprint density at radius 1 is 1.05 bits per heavy atom. The molecule has 4 nitrogen and oxygen atoms in total. The molecule has 2 rings (SSSR count). The van der Waals surface area contributed by atoms with Gasteiger partial charge >= 0.3 is 5.97 Å². The van der Waals surface area contributed by atoms with Crippen LogP contribution in [0, 0.1) is 29.6 Å². The number of amides is 1. The normalized spacial score (nSPS) is 40.0. The first-order chi connectivity index (χ1) is 9.92. The average molecular weight is 295 g/mol. The van der Waals surface area contributed by atoms with Crippen molar-refractivity contribution >= 4 is 11.9 Å². The first-order valence-corrected chi connectivity index (χ1v) is 8.45. The Labute approximate surface area is 127 Å². The highest BCUT2D eigenvalue weighted by atomic mass is 16.4. The third-order valence-corrected chi connectivity index (χ3v) is 5.84. The summed E-state index contributed by atoms with van der Waals surface area (Å²) in [7, 11) is 0. The van der Waals surface area contributed by atoms with Crippen molar-refractivity contribution in [3.63, 3.8) is 0 Å². The molecule has 2 aliphatic rings. The standard InChI is InChI=1S/C17H29NO3/c1-4-12-8-14(15(9-12)17(20)21)16(19)18-13-6-5-10(2)11(3)7-13/h10-15H,4-9H2,1-3H3,(H,18,19)(H,20,21). The van der Waals surface area contributed by atoms with E-state index >= 15 is 0 Å². The summed E-state index contributed by atoms with van der Waals surface area (Å²) in [4.78, 5) is 23.9. The van der Waals surface area contributed by atoms with Gasteiger partial charge in [-0.1, -0.05) is 27.2 Å². The van der Waals surface area contributed by atoms with Gasteiger partial charge in [0, 0.05) is 6.04 Å². The zero-order chi connectivity index (χ0) is 15.6. The van der Waals surface area contributed by atoms with Crippen LogP contribution >= 0.6 is 0 Å². The molecule has 0 saturated heterocycles. The van der Waals surface area contributed by atoms with Crippen molar-refractivity contribution in [2.45, 2.75) is 65.3 Å². The third-order valence-electron chi connectivity index (χ3n) is 5.84. The van der Waals surface area contributed by atoms with Crippen LogP contribution in [0.4, 0.5) is 0 Å². The summed E-state index contributed by atoms with van der Waals surface area (Å²) in [6.07, 6.45) is 5.55. The molecule has 0 aromatic rings. The van der Waals surface area contributed by atoms with E-state index in [9.17, 15) is 14.7 Å². The van der Waals surface area contributed by atoms with Crippen LogP contribution in [0.3, 0.4) is 0 Å². The third kappa shape index (κ3) is 3.78. The molecule has 0 aromatic heterocycles. The molecule has 0 spiro atoms. The lowest BCUT2D eigenvalue weighted by Crippen LogP contribution is -2.44. The van der Waals surface area contributed by atoms with Crippen molar-refractivity contribution in [2.75, 3.05) is 0 Å². The molecule has 0 radical (unpaired) electrons. The van der Waals surface area contributed by atoms with Gasteiger partial charge in [0.2, 0.25) is 5.91 Å². The highest BCUT2D eigenvalue weighted by Crippen LogP contribution is 2.39. The largest absolute Gasteiger partial charge is 0.481 e. The molecular weight excluding hydrogens is 266 g/mol. The maximum Gasteiger partial charge on any atom is 0.307 e. The SMILES string of the molecule is CCC1CC(C(=O)O)C(C(=O)NC2CCC(C)C(C)C2)C1. The summed E-state index contributed by atoms with van der Waals surface area (Å²) in [6, 6.07) is 0.235. The van der Waals surface area contributed by atoms with Gasteiger partial charge in [-0.15, -0.1) is 0 Å². The highest BCUT2D eigenvalue weighted by Gasteiger charge is 2.42. The van der Waals surface area contributed by atoms with Crippen LogP contribution in [-0.4, -0.2) is 23.0 Å². The first-order valence-electron chi connectivity index (χ1n) is 8.45. The second-order valence-corrected chi connectivity index (χ2v) is 7.27. The summed E-state index contributed by atoms with van der Waals surface area (Å²) in [5.41, 5.74) is 0. The molecular formula is C17H29NO3. The quantitative estimate of drug-likeness (QED) is 0.837. The predicted octanol–water partition coefficient (Wildman–Crippen LogP) is 3.06. The number of carboxylic acids is 1. The monoisotopic (exact) mass is 295 g/mol. The molecule has 0 bridgehead atoms. The molecule has 4 heteroatoms. The Balaban J connectivity index is 1.94. The summed E-state index contributed by atoms with van der Waals surface area (Å²) < 4.78 is 0. The van der Waals surface area contributed by atoms with Crippen LogP contribution in [0.15, 0.2) is 0 Å². The van der Waals surface area contributed by atoms with Crippen LogP contribution < -0.4 is 5.32 Å². The summed E-state index contributed by atoms with van der Waals surface area (Å²) >= 11 is 0. The zero-order valence-electron chi connectivity index (χ0n) is 13.5. The van der Waals surface area contributed by atoms with Crippen molar-refractivity contribution in [3.8, 4) is 0 Å². The van der Waals surface area contributed by atoms with Crippen molar-refractivity contribution < 1.29 is 14.7 Å². The van der Waals surface area contributed by atoms with Crippen molar-refractivity contribution in [1.82, 2.24) is 5.32 Å². The molecule has 2 N–H and O–H groups in total. The number of rotatable bonds is 4. The highest BCUT2D eigenvalue weighted by molar-refractivity contribution is 5.85. The number of carbonyl (C=O) groups is 2. The van der Waals surface area contributed by atoms with Crippen molar-refractivity contribution in [3.05, 3.63) is 0 Å². The Bertz CT molecular complexity index is 395. The fourth-order valence-corrected chi connectivity index (χ4v) is 4.03. The van der Waals surface area contributed by atoms with Gasteiger partial charge in [-0.3, -0.25) is 9.59 Å². The van der Waals surface area contributed by atoms with Crippen molar-refractivity contribution in [1.29, 1.82) is 0 Å². The minimum Gasteiger partial charge on any atom is -0.481 e. The molecule has 0 aliphatic heterocycles. The Morgan fingerprint density at radius 3 is 2.29 bits per heavy atom. The van der Waals surface area contributed by atoms with Crippen molar-refractivity contribution in [2.24, 2.45) is 29.6 Å². The van der Waals surface area contributed by atoms with E-state index in [2.05, 4.69) is 26.1 Å². The number of carbonyl (C=O) groups excluding carboxylic acids is 1. The van der Waals surface area contributed by atoms with Gasteiger partial charge in [0.15, 0.2) is 0 Å². The van der Waals surface area contributed by atoms with Crippen LogP contribution in [0.1, 0.15) is 59.3 Å². The van der Waals surface area contributed by atoms with Gasteiger partial charge in [-0.2, -0.15) is 0 Å². The lowest BCUT2D eigenvalue weighted by atomic mass is 9.79. The molecule has 120 valence electrons. The van der Waals surface area contributed by atoms with Gasteiger partial charge < -0.3 is 10.4 Å². The summed E-state index contributed by atoms with van der Waals surface area (Å²) in [5, 5.41) is 12.5. The van der Waals surface area contributed by atoms with Crippen LogP contribution in [0.25, 0.3) is 0 Å². The second-order valence-electron chi connectivity index (χ2n) is 7.27. The van der Waals surface area contributed by atoms with E-state index in [0.29, 0.717) is 18.3 Å². The molecule has 6 unspecified atom stereocenters. The lowest BCUT2D eigenvalue weighted by Gasteiger charge is -2.33. The number of hydrogen-bond acceptors (Lipinski definition) is 2. The topological polar surface area (TPSA) is 66.4 Å². The molecule has 6 atom stereocenters. The molecule has 2 saturated carbocycles. The van der Waals surface area contributed by atoms with Gasteiger partial charge in [-0.25, -0.2) is 0 Å². The lowest BCUT2D eigenvalue weighted by molar-refractivity contribution is -0.146. The maximum atomic E-state index is 12.5. The minimum absolute atomic E-state index is 0.0231. The summed E-state index contributed by atoms with van der Waals surface area (Å²) in [5.74, 6) is 0.0816. The maximum absolute atomic E-state index is 12.5. The van der Waals surface area contributed by atoms with E-state index in [1.165, 1.54) is 0 Å². The molecule has 0 heterocycles. The number of carboxylic acid groups (broad SMARTS) is 1. The Hall–Kier alpha value is -1.06. The van der Waals surface area contributed by atoms with E-state index < -0.39 is 11.9 Å².